The quantitative estimate of drug-likeness (QED) is 0.0517. The standard InChI is InChI=1S/C43H60N6O12/c1-10-27(2)36(47-41(58)59-26-29-17-13-11-14-18-29)39(56)45-31(21-24-34(53)60-42(4,5)6)38(55)46-37(28(3)50)40(57)48-49(25-35(54)61-43(7,8)9)33(52)23-22-32(51)44-30-19-15-12-16-20-30/h11-20,22-23,27-28,31,36-37,50H,10,21,24-26H2,1-9H3,(H,44,51)(H,45,56)(H,46,55)(H,47,58)(H,48,57)/b23-22+/t27-,28+,31-,36-,37-/m0/s1. The molecule has 0 saturated heterocycles. The van der Waals surface area contributed by atoms with Crippen molar-refractivity contribution in [1.29, 1.82) is 0 Å². The monoisotopic (exact) mass is 852 g/mol. The smallest absolute Gasteiger partial charge is 0.408 e. The first-order valence-corrected chi connectivity index (χ1v) is 19.8. The molecule has 2 aromatic rings. The van der Waals surface area contributed by atoms with Gasteiger partial charge in [0.1, 0.15) is 42.5 Å². The second-order valence-corrected chi connectivity index (χ2v) is 16.2. The maximum Gasteiger partial charge on any atom is 0.408 e. The molecule has 0 bridgehead atoms. The second kappa shape index (κ2) is 24.1. The molecule has 61 heavy (non-hydrogen) atoms. The lowest BCUT2D eigenvalue weighted by atomic mass is 9.97. The molecular weight excluding hydrogens is 793 g/mol. The lowest BCUT2D eigenvalue weighted by molar-refractivity contribution is -0.161. The number of esters is 2. The molecule has 18 heteroatoms. The molecule has 6 N–H and O–H groups in total. The largest absolute Gasteiger partial charge is 0.460 e. The normalized spacial score (nSPS) is 13.9. The Hall–Kier alpha value is -6.30. The summed E-state index contributed by atoms with van der Waals surface area (Å²) in [6.07, 6.45) is -1.16. The van der Waals surface area contributed by atoms with Crippen molar-refractivity contribution in [3.63, 3.8) is 0 Å². The molecule has 6 amide bonds. The van der Waals surface area contributed by atoms with Gasteiger partial charge in [-0.2, -0.15) is 0 Å². The fraction of sp³-hybridized carbons (Fsp3) is 0.488. The van der Waals surface area contributed by atoms with Gasteiger partial charge in [-0.25, -0.2) is 9.80 Å². The van der Waals surface area contributed by atoms with Crippen molar-refractivity contribution in [2.45, 2.75) is 124 Å². The third-order valence-corrected chi connectivity index (χ3v) is 8.37. The number of benzene rings is 2. The van der Waals surface area contributed by atoms with Crippen LogP contribution in [0.4, 0.5) is 10.5 Å². The van der Waals surface area contributed by atoms with Crippen LogP contribution >= 0.6 is 0 Å². The summed E-state index contributed by atoms with van der Waals surface area (Å²) in [6, 6.07) is 12.6. The molecule has 0 fully saturated rings. The summed E-state index contributed by atoms with van der Waals surface area (Å²) >= 11 is 0. The van der Waals surface area contributed by atoms with Gasteiger partial charge in [-0.1, -0.05) is 68.8 Å². The van der Waals surface area contributed by atoms with Crippen molar-refractivity contribution in [2.75, 3.05) is 11.9 Å². The highest BCUT2D eigenvalue weighted by Crippen LogP contribution is 2.14. The highest BCUT2D eigenvalue weighted by Gasteiger charge is 2.35. The van der Waals surface area contributed by atoms with E-state index >= 15 is 0 Å². The predicted molar refractivity (Wildman–Crippen MR) is 224 cm³/mol. The van der Waals surface area contributed by atoms with Crippen LogP contribution in [0.1, 0.15) is 87.1 Å². The number of anilines is 1. The number of aliphatic hydroxyl groups is 1. The number of hydrogen-bond donors (Lipinski definition) is 6. The van der Waals surface area contributed by atoms with E-state index in [4.69, 9.17) is 14.2 Å². The first-order valence-electron chi connectivity index (χ1n) is 19.8. The molecule has 0 radical (unpaired) electrons. The minimum absolute atomic E-state index is 0.0775. The second-order valence-electron chi connectivity index (χ2n) is 16.2. The zero-order valence-corrected chi connectivity index (χ0v) is 36.2. The van der Waals surface area contributed by atoms with Crippen molar-refractivity contribution < 1.29 is 57.7 Å². The predicted octanol–water partition coefficient (Wildman–Crippen LogP) is 3.20. The number of nitrogens with one attached hydrogen (secondary N) is 5. The molecule has 0 aromatic heterocycles. The van der Waals surface area contributed by atoms with E-state index in [0.29, 0.717) is 22.7 Å². The Balaban J connectivity index is 2.35. The molecule has 0 aliphatic rings. The van der Waals surface area contributed by atoms with Gasteiger partial charge in [0.25, 0.3) is 11.8 Å². The fourth-order valence-corrected chi connectivity index (χ4v) is 5.26. The van der Waals surface area contributed by atoms with E-state index in [0.717, 1.165) is 19.1 Å². The Morgan fingerprint density at radius 2 is 1.30 bits per heavy atom. The lowest BCUT2D eigenvalue weighted by Crippen LogP contribution is -2.61. The number of para-hydroxylation sites is 1. The molecular formula is C43H60N6O12. The molecule has 334 valence electrons. The van der Waals surface area contributed by atoms with Crippen LogP contribution in [0.5, 0.6) is 0 Å². The number of rotatable bonds is 19. The third kappa shape index (κ3) is 20.0. The highest BCUT2D eigenvalue weighted by molar-refractivity contribution is 6.04. The number of carbonyl (C=O) groups excluding carboxylic acids is 8. The minimum Gasteiger partial charge on any atom is -0.460 e. The topological polar surface area (TPSA) is 248 Å². The highest BCUT2D eigenvalue weighted by atomic mass is 16.6. The summed E-state index contributed by atoms with van der Waals surface area (Å²) in [5.74, 6) is -6.90. The third-order valence-electron chi connectivity index (χ3n) is 8.37. The fourth-order valence-electron chi connectivity index (χ4n) is 5.26. The molecule has 0 heterocycles. The van der Waals surface area contributed by atoms with Gasteiger partial charge in [-0.05, 0) is 78.5 Å². The summed E-state index contributed by atoms with van der Waals surface area (Å²) in [4.78, 5) is 106. The summed E-state index contributed by atoms with van der Waals surface area (Å²) in [5, 5.41) is 21.2. The van der Waals surface area contributed by atoms with Gasteiger partial charge in [0.15, 0.2) is 0 Å². The van der Waals surface area contributed by atoms with E-state index in [1.165, 1.54) is 0 Å². The van der Waals surface area contributed by atoms with E-state index in [9.17, 15) is 43.5 Å². The maximum absolute atomic E-state index is 13.9. The van der Waals surface area contributed by atoms with Crippen LogP contribution in [0.15, 0.2) is 72.8 Å². The number of carbonyl (C=O) groups is 8. The molecule has 0 saturated carbocycles. The molecule has 0 unspecified atom stereocenters. The lowest BCUT2D eigenvalue weighted by Gasteiger charge is -2.29. The number of hydrazine groups is 1. The van der Waals surface area contributed by atoms with Gasteiger partial charge in [-0.15, -0.1) is 0 Å². The first kappa shape index (κ1) is 50.8. The van der Waals surface area contributed by atoms with E-state index in [-0.39, 0.29) is 19.4 Å². The summed E-state index contributed by atoms with van der Waals surface area (Å²) in [6.45, 7) is 13.4. The van der Waals surface area contributed by atoms with E-state index in [1.807, 2.05) is 0 Å². The van der Waals surface area contributed by atoms with Crippen LogP contribution < -0.4 is 26.7 Å². The molecule has 0 spiro atoms. The summed E-state index contributed by atoms with van der Waals surface area (Å²) < 4.78 is 16.0. The van der Waals surface area contributed by atoms with E-state index < -0.39 is 95.5 Å². The first-order chi connectivity index (χ1) is 28.5. The van der Waals surface area contributed by atoms with E-state index in [1.54, 1.807) is 116 Å². The molecule has 5 atom stereocenters. The van der Waals surface area contributed by atoms with Gasteiger partial charge < -0.3 is 40.6 Å². The van der Waals surface area contributed by atoms with Crippen molar-refractivity contribution in [3.05, 3.63) is 78.4 Å². The number of amides is 6. The number of hydrogen-bond acceptors (Lipinski definition) is 12. The van der Waals surface area contributed by atoms with Crippen LogP contribution in [0, 0.1) is 5.92 Å². The van der Waals surface area contributed by atoms with Gasteiger partial charge in [0, 0.05) is 24.3 Å². The summed E-state index contributed by atoms with van der Waals surface area (Å²) in [7, 11) is 0. The maximum atomic E-state index is 13.9. The van der Waals surface area contributed by atoms with Gasteiger partial charge in [0.2, 0.25) is 17.7 Å². The summed E-state index contributed by atoms with van der Waals surface area (Å²) in [5.41, 5.74) is 1.49. The number of aliphatic hydroxyl groups excluding tert-OH is 1. The van der Waals surface area contributed by atoms with Gasteiger partial charge in [0.05, 0.1) is 6.10 Å². The van der Waals surface area contributed by atoms with Crippen molar-refractivity contribution in [3.8, 4) is 0 Å². The van der Waals surface area contributed by atoms with Crippen molar-refractivity contribution in [2.24, 2.45) is 5.92 Å². The Kier molecular flexibility index (Phi) is 20.1. The number of ether oxygens (including phenoxy) is 3. The van der Waals surface area contributed by atoms with E-state index in [2.05, 4.69) is 26.7 Å². The zero-order valence-electron chi connectivity index (χ0n) is 36.2. The van der Waals surface area contributed by atoms with Crippen LogP contribution in [-0.2, 0) is 54.4 Å². The molecule has 2 rings (SSSR count). The average Bonchev–Trinajstić information content (AvgIpc) is 3.17. The Bertz CT molecular complexity index is 1840. The molecule has 0 aliphatic heterocycles. The van der Waals surface area contributed by atoms with Crippen molar-refractivity contribution in [1.82, 2.24) is 26.4 Å². The molecule has 18 nitrogen and oxygen atoms in total. The number of nitrogens with zero attached hydrogens (tertiary/aromatic N) is 1. The Morgan fingerprint density at radius 1 is 0.721 bits per heavy atom. The SMILES string of the molecule is CC[C@H](C)[C@H](NC(=O)OCc1ccccc1)C(=O)N[C@@H](CCC(=O)OC(C)(C)C)C(=O)N[C@H](C(=O)NN(CC(=O)OC(C)(C)C)C(=O)/C=C/C(=O)Nc1ccccc1)[C@@H](C)O. The molecule has 2 aromatic carbocycles. The Labute approximate surface area is 356 Å². The van der Waals surface area contributed by atoms with Gasteiger partial charge in [-0.3, -0.25) is 39.0 Å². The van der Waals surface area contributed by atoms with Crippen LogP contribution in [0.3, 0.4) is 0 Å². The number of alkyl carbamates (subject to hydrolysis) is 1. The van der Waals surface area contributed by atoms with Gasteiger partial charge >= 0.3 is 18.0 Å². The van der Waals surface area contributed by atoms with Crippen LogP contribution in [0.2, 0.25) is 0 Å². The zero-order chi connectivity index (χ0) is 45.9. The van der Waals surface area contributed by atoms with Crippen LogP contribution in [-0.4, -0.2) is 99.7 Å². The van der Waals surface area contributed by atoms with Crippen LogP contribution in [0.25, 0.3) is 0 Å². The Morgan fingerprint density at radius 3 is 1.85 bits per heavy atom. The molecule has 0 aliphatic carbocycles. The van der Waals surface area contributed by atoms with Crippen molar-refractivity contribution >= 4 is 53.3 Å². The average molecular weight is 853 g/mol. The minimum atomic E-state index is -1.82.